The third-order valence-corrected chi connectivity index (χ3v) is 2.51. The van der Waals surface area contributed by atoms with Gasteiger partial charge >= 0.3 is 5.97 Å². The highest BCUT2D eigenvalue weighted by atomic mass is 16.5. The molecule has 2 unspecified atom stereocenters. The Morgan fingerprint density at radius 3 is 2.81 bits per heavy atom. The van der Waals surface area contributed by atoms with Gasteiger partial charge in [0, 0.05) is 6.61 Å². The summed E-state index contributed by atoms with van der Waals surface area (Å²) >= 11 is 0. The van der Waals surface area contributed by atoms with Crippen molar-refractivity contribution in [3.05, 3.63) is 12.7 Å². The zero-order chi connectivity index (χ0) is 12.2. The van der Waals surface area contributed by atoms with Gasteiger partial charge in [-0.25, -0.2) is 4.79 Å². The van der Waals surface area contributed by atoms with Crippen molar-refractivity contribution in [2.45, 2.75) is 24.4 Å². The van der Waals surface area contributed by atoms with Crippen molar-refractivity contribution in [3.63, 3.8) is 0 Å². The van der Waals surface area contributed by atoms with Crippen LogP contribution < -0.4 is 11.1 Å². The van der Waals surface area contributed by atoms with E-state index in [1.165, 1.54) is 6.08 Å². The third kappa shape index (κ3) is 2.80. The minimum Gasteiger partial charge on any atom is -0.480 e. The van der Waals surface area contributed by atoms with Gasteiger partial charge < -0.3 is 20.9 Å². The summed E-state index contributed by atoms with van der Waals surface area (Å²) in [6.45, 7) is 3.98. The van der Waals surface area contributed by atoms with Crippen molar-refractivity contribution in [2.24, 2.45) is 5.73 Å². The molecule has 1 rings (SSSR count). The smallest absolute Gasteiger partial charge is 0.326 e. The lowest BCUT2D eigenvalue weighted by Gasteiger charge is -2.23. The topological polar surface area (TPSA) is 102 Å². The van der Waals surface area contributed by atoms with Gasteiger partial charge in [-0.2, -0.15) is 0 Å². The van der Waals surface area contributed by atoms with Crippen LogP contribution >= 0.6 is 0 Å². The average Bonchev–Trinajstić information content (AvgIpc) is 2.65. The van der Waals surface area contributed by atoms with E-state index in [0.29, 0.717) is 13.0 Å². The van der Waals surface area contributed by atoms with Crippen molar-refractivity contribution in [1.82, 2.24) is 5.32 Å². The van der Waals surface area contributed by atoms with Crippen LogP contribution in [0, 0.1) is 0 Å². The molecule has 1 aliphatic heterocycles. The van der Waals surface area contributed by atoms with Gasteiger partial charge in [-0.05, 0) is 12.8 Å². The first-order chi connectivity index (χ1) is 7.49. The molecule has 0 bridgehead atoms. The third-order valence-electron chi connectivity index (χ3n) is 2.51. The van der Waals surface area contributed by atoms with Crippen LogP contribution in [0.3, 0.4) is 0 Å². The quantitative estimate of drug-likeness (QED) is 0.537. The molecule has 0 spiro atoms. The molecular formula is C10H16N2O4. The summed E-state index contributed by atoms with van der Waals surface area (Å²) in [6.07, 6.45) is 2.00. The summed E-state index contributed by atoms with van der Waals surface area (Å²) in [5.41, 5.74) is 4.69. The SMILES string of the molecule is C=CCC(NC(=O)C1(N)CCOC1)C(=O)O. The van der Waals surface area contributed by atoms with Gasteiger partial charge in [0.25, 0.3) is 0 Å². The number of carbonyl (C=O) groups excluding carboxylic acids is 1. The second kappa shape index (κ2) is 5.09. The molecule has 6 nitrogen and oxygen atoms in total. The van der Waals surface area contributed by atoms with Gasteiger partial charge in [0.15, 0.2) is 0 Å². The number of carboxylic acids is 1. The zero-order valence-corrected chi connectivity index (χ0v) is 8.94. The Balaban J connectivity index is 2.60. The van der Waals surface area contributed by atoms with Crippen LogP contribution in [0.2, 0.25) is 0 Å². The Morgan fingerprint density at radius 1 is 1.69 bits per heavy atom. The summed E-state index contributed by atoms with van der Waals surface area (Å²) in [5, 5.41) is 11.2. The van der Waals surface area contributed by atoms with Gasteiger partial charge in [0.2, 0.25) is 5.91 Å². The highest BCUT2D eigenvalue weighted by Crippen LogP contribution is 2.15. The number of carbonyl (C=O) groups is 2. The highest BCUT2D eigenvalue weighted by molar-refractivity contribution is 5.90. The minimum atomic E-state index is -1.10. The van der Waals surface area contributed by atoms with Crippen LogP contribution in [-0.2, 0) is 14.3 Å². The lowest BCUT2D eigenvalue weighted by Crippen LogP contribution is -2.57. The van der Waals surface area contributed by atoms with Crippen LogP contribution in [0.15, 0.2) is 12.7 Å². The molecule has 1 saturated heterocycles. The van der Waals surface area contributed by atoms with Crippen molar-refractivity contribution >= 4 is 11.9 Å². The van der Waals surface area contributed by atoms with E-state index in [2.05, 4.69) is 11.9 Å². The van der Waals surface area contributed by atoms with E-state index in [1.807, 2.05) is 0 Å². The fourth-order valence-electron chi connectivity index (χ4n) is 1.45. The molecule has 1 aliphatic rings. The Bertz CT molecular complexity index is 297. The monoisotopic (exact) mass is 228 g/mol. The van der Waals surface area contributed by atoms with E-state index >= 15 is 0 Å². The molecule has 0 saturated carbocycles. The Hall–Kier alpha value is -1.40. The maximum Gasteiger partial charge on any atom is 0.326 e. The molecule has 0 aromatic rings. The second-order valence-corrected chi connectivity index (χ2v) is 3.85. The maximum absolute atomic E-state index is 11.7. The number of hydrogen-bond acceptors (Lipinski definition) is 4. The molecule has 0 aromatic heterocycles. The van der Waals surface area contributed by atoms with Crippen molar-refractivity contribution in [1.29, 1.82) is 0 Å². The Kier molecular flexibility index (Phi) is 4.03. The van der Waals surface area contributed by atoms with Crippen molar-refractivity contribution < 1.29 is 19.4 Å². The molecule has 0 aromatic carbocycles. The minimum absolute atomic E-state index is 0.124. The molecule has 6 heteroatoms. The summed E-state index contributed by atoms with van der Waals surface area (Å²) < 4.78 is 5.03. The molecule has 1 fully saturated rings. The van der Waals surface area contributed by atoms with E-state index in [4.69, 9.17) is 15.6 Å². The fraction of sp³-hybridized carbons (Fsp3) is 0.600. The number of amides is 1. The molecule has 1 heterocycles. The van der Waals surface area contributed by atoms with Crippen LogP contribution in [0.4, 0.5) is 0 Å². The average molecular weight is 228 g/mol. The van der Waals surface area contributed by atoms with Gasteiger partial charge in [-0.3, -0.25) is 4.79 Å². The summed E-state index contributed by atoms with van der Waals surface area (Å²) in [5.74, 6) is -1.59. The lowest BCUT2D eigenvalue weighted by atomic mass is 9.98. The van der Waals surface area contributed by atoms with Gasteiger partial charge in [-0.15, -0.1) is 6.58 Å². The van der Waals surface area contributed by atoms with Crippen LogP contribution in [-0.4, -0.2) is 41.8 Å². The Labute approximate surface area is 93.4 Å². The highest BCUT2D eigenvalue weighted by Gasteiger charge is 2.39. The number of ether oxygens (including phenoxy) is 1. The number of nitrogens with two attached hydrogens (primary N) is 1. The molecule has 90 valence electrons. The summed E-state index contributed by atoms with van der Waals surface area (Å²) in [4.78, 5) is 22.6. The molecule has 2 atom stereocenters. The number of nitrogens with one attached hydrogen (secondary N) is 1. The molecule has 4 N–H and O–H groups in total. The Morgan fingerprint density at radius 2 is 2.38 bits per heavy atom. The first-order valence-corrected chi connectivity index (χ1v) is 5.01. The number of aliphatic carboxylic acids is 1. The largest absolute Gasteiger partial charge is 0.480 e. The van der Waals surface area contributed by atoms with E-state index in [0.717, 1.165) is 0 Å². The van der Waals surface area contributed by atoms with E-state index < -0.39 is 23.5 Å². The molecule has 16 heavy (non-hydrogen) atoms. The first kappa shape index (κ1) is 12.7. The van der Waals surface area contributed by atoms with Gasteiger partial charge in [0.1, 0.15) is 11.6 Å². The van der Waals surface area contributed by atoms with Gasteiger partial charge in [-0.1, -0.05) is 6.08 Å². The number of rotatable bonds is 5. The van der Waals surface area contributed by atoms with E-state index in [9.17, 15) is 9.59 Å². The van der Waals surface area contributed by atoms with Crippen LogP contribution in [0.5, 0.6) is 0 Å². The predicted octanol–water partition coefficient (Wildman–Crippen LogP) is -0.750. The fourth-order valence-corrected chi connectivity index (χ4v) is 1.45. The van der Waals surface area contributed by atoms with Crippen molar-refractivity contribution in [2.75, 3.05) is 13.2 Å². The first-order valence-electron chi connectivity index (χ1n) is 5.01. The van der Waals surface area contributed by atoms with Crippen LogP contribution in [0.25, 0.3) is 0 Å². The molecule has 0 aliphatic carbocycles. The molecular weight excluding hydrogens is 212 g/mol. The predicted molar refractivity (Wildman–Crippen MR) is 56.7 cm³/mol. The van der Waals surface area contributed by atoms with E-state index in [1.54, 1.807) is 0 Å². The number of hydrogen-bond donors (Lipinski definition) is 3. The molecule has 1 amide bonds. The zero-order valence-electron chi connectivity index (χ0n) is 8.94. The maximum atomic E-state index is 11.7. The van der Waals surface area contributed by atoms with Crippen molar-refractivity contribution in [3.8, 4) is 0 Å². The standard InChI is InChI=1S/C10H16N2O4/c1-2-3-7(8(13)14)12-9(15)10(11)4-5-16-6-10/h2,7H,1,3-6,11H2,(H,12,15)(H,13,14). The molecule has 0 radical (unpaired) electrons. The lowest BCUT2D eigenvalue weighted by molar-refractivity contribution is -0.142. The summed E-state index contributed by atoms with van der Waals surface area (Å²) in [7, 11) is 0. The summed E-state index contributed by atoms with van der Waals surface area (Å²) in [6, 6.07) is -0.981. The van der Waals surface area contributed by atoms with E-state index in [-0.39, 0.29) is 13.0 Å². The van der Waals surface area contributed by atoms with Gasteiger partial charge in [0.05, 0.1) is 6.61 Å². The number of carboxylic acid groups (broad SMARTS) is 1. The second-order valence-electron chi connectivity index (χ2n) is 3.85. The normalized spacial score (nSPS) is 26.1. The van der Waals surface area contributed by atoms with Crippen LogP contribution in [0.1, 0.15) is 12.8 Å².